The minimum absolute atomic E-state index is 0.111. The molecule has 0 aromatic heterocycles. The second-order valence-corrected chi connectivity index (χ2v) is 4.88. The van der Waals surface area contributed by atoms with Gasteiger partial charge in [0.2, 0.25) is 5.91 Å². The number of carbonyl (C=O) groups is 3. The fraction of sp³-hybridized carbons (Fsp3) is 0.118. The van der Waals surface area contributed by atoms with E-state index < -0.39 is 17.6 Å². The third kappa shape index (κ3) is 4.74. The highest BCUT2D eigenvalue weighted by molar-refractivity contribution is 6.00. The Bertz CT molecular complexity index is 759. The first kappa shape index (κ1) is 16.4. The summed E-state index contributed by atoms with van der Waals surface area (Å²) in [5.74, 6) is -1.63. The molecule has 118 valence electrons. The van der Waals surface area contributed by atoms with Crippen molar-refractivity contribution < 1.29 is 18.8 Å². The molecule has 0 saturated carbocycles. The zero-order chi connectivity index (χ0) is 16.8. The predicted octanol–water partition coefficient (Wildman–Crippen LogP) is 2.40. The van der Waals surface area contributed by atoms with Gasteiger partial charge in [-0.2, -0.15) is 0 Å². The zero-order valence-corrected chi connectivity index (χ0v) is 12.4. The average Bonchev–Trinajstić information content (AvgIpc) is 2.53. The number of ketones is 1. The Morgan fingerprint density at radius 2 is 1.70 bits per heavy atom. The van der Waals surface area contributed by atoms with Crippen LogP contribution in [0, 0.1) is 5.82 Å². The predicted molar refractivity (Wildman–Crippen MR) is 83.8 cm³/mol. The van der Waals surface area contributed by atoms with Crippen LogP contribution < -0.4 is 10.6 Å². The van der Waals surface area contributed by atoms with Gasteiger partial charge in [0, 0.05) is 16.8 Å². The lowest BCUT2D eigenvalue weighted by molar-refractivity contribution is -0.115. The van der Waals surface area contributed by atoms with Crippen LogP contribution in [0.15, 0.2) is 48.5 Å². The molecule has 0 fully saturated rings. The summed E-state index contributed by atoms with van der Waals surface area (Å²) in [5, 5.41) is 4.97. The highest BCUT2D eigenvalue weighted by Crippen LogP contribution is 2.11. The molecule has 0 aliphatic carbocycles. The molecule has 0 heterocycles. The number of Topliss-reactive ketones (excluding diaryl/α,β-unsaturated/α-hetero) is 1. The quantitative estimate of drug-likeness (QED) is 0.832. The number of anilines is 1. The van der Waals surface area contributed by atoms with E-state index in [1.807, 2.05) is 0 Å². The third-order valence-corrected chi connectivity index (χ3v) is 3.05. The van der Waals surface area contributed by atoms with Crippen molar-refractivity contribution in [2.75, 3.05) is 11.9 Å². The summed E-state index contributed by atoms with van der Waals surface area (Å²) < 4.78 is 13.0. The first-order chi connectivity index (χ1) is 11.0. The largest absolute Gasteiger partial charge is 0.343 e. The lowest BCUT2D eigenvalue weighted by Crippen LogP contribution is -2.32. The standard InChI is InChI=1S/C17H15FN2O3/c1-11(21)12-4-3-7-15(9-12)20-16(22)10-19-17(23)13-5-2-6-14(18)8-13/h2-9H,10H2,1H3,(H,19,23)(H,20,22). The molecule has 0 bridgehead atoms. The molecule has 0 aliphatic heterocycles. The van der Waals surface area contributed by atoms with Gasteiger partial charge in [0.1, 0.15) is 5.82 Å². The molecule has 2 amide bonds. The molecule has 0 spiro atoms. The highest BCUT2D eigenvalue weighted by atomic mass is 19.1. The first-order valence-electron chi connectivity index (χ1n) is 6.90. The van der Waals surface area contributed by atoms with Crippen molar-refractivity contribution >= 4 is 23.3 Å². The molecule has 0 unspecified atom stereocenters. The summed E-state index contributed by atoms with van der Waals surface area (Å²) in [6.07, 6.45) is 0. The minimum Gasteiger partial charge on any atom is -0.343 e. The molecule has 2 N–H and O–H groups in total. The number of rotatable bonds is 5. The maximum atomic E-state index is 13.0. The van der Waals surface area contributed by atoms with Gasteiger partial charge >= 0.3 is 0 Å². The molecular weight excluding hydrogens is 299 g/mol. The second kappa shape index (κ2) is 7.31. The minimum atomic E-state index is -0.544. The Hall–Kier alpha value is -3.02. The Labute approximate surface area is 132 Å². The summed E-state index contributed by atoms with van der Waals surface area (Å²) in [4.78, 5) is 34.9. The fourth-order valence-electron chi connectivity index (χ4n) is 1.91. The number of nitrogens with one attached hydrogen (secondary N) is 2. The number of halogens is 1. The highest BCUT2D eigenvalue weighted by Gasteiger charge is 2.09. The van der Waals surface area contributed by atoms with Gasteiger partial charge in [-0.05, 0) is 37.3 Å². The van der Waals surface area contributed by atoms with E-state index in [0.29, 0.717) is 11.3 Å². The van der Waals surface area contributed by atoms with Crippen LogP contribution in [-0.4, -0.2) is 24.1 Å². The molecular formula is C17H15FN2O3. The van der Waals surface area contributed by atoms with Crippen LogP contribution >= 0.6 is 0 Å². The van der Waals surface area contributed by atoms with Gasteiger partial charge in [0.25, 0.3) is 5.91 Å². The van der Waals surface area contributed by atoms with Gasteiger partial charge in [0.05, 0.1) is 6.54 Å². The van der Waals surface area contributed by atoms with Gasteiger partial charge in [-0.15, -0.1) is 0 Å². The van der Waals surface area contributed by atoms with Crippen molar-refractivity contribution in [2.24, 2.45) is 0 Å². The van der Waals surface area contributed by atoms with Crippen molar-refractivity contribution in [1.82, 2.24) is 5.32 Å². The van der Waals surface area contributed by atoms with E-state index in [1.54, 1.807) is 24.3 Å². The Balaban J connectivity index is 1.91. The van der Waals surface area contributed by atoms with Crippen molar-refractivity contribution in [3.05, 3.63) is 65.5 Å². The lowest BCUT2D eigenvalue weighted by Gasteiger charge is -2.08. The van der Waals surface area contributed by atoms with E-state index >= 15 is 0 Å². The van der Waals surface area contributed by atoms with Crippen molar-refractivity contribution in [1.29, 1.82) is 0 Å². The van der Waals surface area contributed by atoms with Crippen LogP contribution in [0.25, 0.3) is 0 Å². The molecule has 2 rings (SSSR count). The second-order valence-electron chi connectivity index (χ2n) is 4.88. The van der Waals surface area contributed by atoms with E-state index in [-0.39, 0.29) is 17.9 Å². The maximum Gasteiger partial charge on any atom is 0.251 e. The zero-order valence-electron chi connectivity index (χ0n) is 12.4. The number of amides is 2. The molecule has 0 saturated heterocycles. The van der Waals surface area contributed by atoms with E-state index in [2.05, 4.69) is 10.6 Å². The van der Waals surface area contributed by atoms with Crippen LogP contribution in [0.3, 0.4) is 0 Å². The van der Waals surface area contributed by atoms with Gasteiger partial charge in [0.15, 0.2) is 5.78 Å². The third-order valence-electron chi connectivity index (χ3n) is 3.05. The van der Waals surface area contributed by atoms with Crippen LogP contribution in [0.1, 0.15) is 27.6 Å². The monoisotopic (exact) mass is 314 g/mol. The Morgan fingerprint density at radius 1 is 1.00 bits per heavy atom. The smallest absolute Gasteiger partial charge is 0.251 e. The molecule has 0 radical (unpaired) electrons. The summed E-state index contributed by atoms with van der Waals surface area (Å²) in [6.45, 7) is 1.17. The molecule has 0 aliphatic rings. The van der Waals surface area contributed by atoms with Crippen molar-refractivity contribution in [2.45, 2.75) is 6.92 Å². The van der Waals surface area contributed by atoms with Gasteiger partial charge in [-0.1, -0.05) is 18.2 Å². The first-order valence-corrected chi connectivity index (χ1v) is 6.90. The average molecular weight is 314 g/mol. The maximum absolute atomic E-state index is 13.0. The van der Waals surface area contributed by atoms with Gasteiger partial charge < -0.3 is 10.6 Å². The molecule has 5 nitrogen and oxygen atoms in total. The topological polar surface area (TPSA) is 75.3 Å². The molecule has 23 heavy (non-hydrogen) atoms. The summed E-state index contributed by atoms with van der Waals surface area (Å²) in [5.41, 5.74) is 1.07. The van der Waals surface area contributed by atoms with Crippen LogP contribution in [0.4, 0.5) is 10.1 Å². The number of hydrogen-bond acceptors (Lipinski definition) is 3. The van der Waals surface area contributed by atoms with Gasteiger partial charge in [-0.3, -0.25) is 14.4 Å². The summed E-state index contributed by atoms with van der Waals surface area (Å²) in [7, 11) is 0. The fourth-order valence-corrected chi connectivity index (χ4v) is 1.91. The normalized spacial score (nSPS) is 10.0. The van der Waals surface area contributed by atoms with E-state index in [9.17, 15) is 18.8 Å². The molecule has 2 aromatic carbocycles. The SMILES string of the molecule is CC(=O)c1cccc(NC(=O)CNC(=O)c2cccc(F)c2)c1. The number of hydrogen-bond donors (Lipinski definition) is 2. The van der Waals surface area contributed by atoms with Crippen LogP contribution in [0.5, 0.6) is 0 Å². The summed E-state index contributed by atoms with van der Waals surface area (Å²) >= 11 is 0. The lowest BCUT2D eigenvalue weighted by atomic mass is 10.1. The molecule has 2 aromatic rings. The van der Waals surface area contributed by atoms with Crippen molar-refractivity contribution in [3.63, 3.8) is 0 Å². The van der Waals surface area contributed by atoms with Crippen molar-refractivity contribution in [3.8, 4) is 0 Å². The Morgan fingerprint density at radius 3 is 2.39 bits per heavy atom. The van der Waals surface area contributed by atoms with E-state index in [4.69, 9.17) is 0 Å². The van der Waals surface area contributed by atoms with E-state index in [0.717, 1.165) is 6.07 Å². The van der Waals surface area contributed by atoms with Crippen LogP contribution in [0.2, 0.25) is 0 Å². The molecule has 6 heteroatoms. The summed E-state index contributed by atoms with van der Waals surface area (Å²) in [6, 6.07) is 11.7. The number of carbonyl (C=O) groups excluding carboxylic acids is 3. The van der Waals surface area contributed by atoms with Crippen LogP contribution in [-0.2, 0) is 4.79 Å². The van der Waals surface area contributed by atoms with E-state index in [1.165, 1.54) is 25.1 Å². The number of benzene rings is 2. The Kier molecular flexibility index (Phi) is 5.19. The van der Waals surface area contributed by atoms with Gasteiger partial charge in [-0.25, -0.2) is 4.39 Å². The molecule has 0 atom stereocenters.